The van der Waals surface area contributed by atoms with Crippen LogP contribution in [0.15, 0.2) is 54.6 Å². The van der Waals surface area contributed by atoms with Gasteiger partial charge >= 0.3 is 6.03 Å². The van der Waals surface area contributed by atoms with Crippen LogP contribution in [-0.4, -0.2) is 15.8 Å². The molecule has 3 aromatic rings. The van der Waals surface area contributed by atoms with Crippen molar-refractivity contribution in [2.75, 3.05) is 10.6 Å². The number of nitrogens with zero attached hydrogens (tertiary/aromatic N) is 2. The normalized spacial score (nSPS) is 10.5. The molecule has 0 saturated heterocycles. The lowest BCUT2D eigenvalue weighted by Crippen LogP contribution is -2.20. The zero-order valence-electron chi connectivity index (χ0n) is 14.7. The second kappa shape index (κ2) is 7.21. The highest BCUT2D eigenvalue weighted by Gasteiger charge is 2.14. The van der Waals surface area contributed by atoms with Gasteiger partial charge in [0.05, 0.1) is 23.6 Å². The average Bonchev–Trinajstić information content (AvgIpc) is 2.83. The molecular formula is C20H22N4O. The van der Waals surface area contributed by atoms with Crippen molar-refractivity contribution in [3.05, 3.63) is 77.1 Å². The minimum Gasteiger partial charge on any atom is -0.308 e. The van der Waals surface area contributed by atoms with Crippen LogP contribution in [0.5, 0.6) is 0 Å². The zero-order valence-corrected chi connectivity index (χ0v) is 14.7. The van der Waals surface area contributed by atoms with Crippen LogP contribution < -0.4 is 10.6 Å². The van der Waals surface area contributed by atoms with Crippen molar-refractivity contribution < 1.29 is 4.79 Å². The molecule has 0 radical (unpaired) electrons. The molecule has 0 unspecified atom stereocenters. The Morgan fingerprint density at radius 2 is 1.76 bits per heavy atom. The van der Waals surface area contributed by atoms with Gasteiger partial charge in [-0.3, -0.25) is 4.68 Å². The molecule has 0 spiro atoms. The highest BCUT2D eigenvalue weighted by Crippen LogP contribution is 2.21. The summed E-state index contributed by atoms with van der Waals surface area (Å²) in [6, 6.07) is 17.4. The predicted octanol–water partition coefficient (Wildman–Crippen LogP) is 4.50. The summed E-state index contributed by atoms with van der Waals surface area (Å²) in [5.74, 6) is 0. The number of nitrogens with one attached hydrogen (secondary N) is 2. The lowest BCUT2D eigenvalue weighted by Gasteiger charge is -2.09. The van der Waals surface area contributed by atoms with Crippen LogP contribution in [0, 0.1) is 20.8 Å². The number of hydrogen-bond acceptors (Lipinski definition) is 2. The molecule has 0 aliphatic heterocycles. The van der Waals surface area contributed by atoms with E-state index in [9.17, 15) is 4.79 Å². The van der Waals surface area contributed by atoms with E-state index in [0.29, 0.717) is 6.54 Å². The Balaban J connectivity index is 1.74. The summed E-state index contributed by atoms with van der Waals surface area (Å²) in [4.78, 5) is 12.2. The first-order valence-corrected chi connectivity index (χ1v) is 8.25. The summed E-state index contributed by atoms with van der Waals surface area (Å²) in [5.41, 5.74) is 5.64. The van der Waals surface area contributed by atoms with E-state index in [1.165, 1.54) is 11.1 Å². The van der Waals surface area contributed by atoms with Gasteiger partial charge in [-0.15, -0.1) is 0 Å². The fraction of sp³-hybridized carbons (Fsp3) is 0.200. The Bertz CT molecular complexity index is 884. The van der Waals surface area contributed by atoms with Crippen molar-refractivity contribution in [1.82, 2.24) is 9.78 Å². The molecule has 0 fully saturated rings. The number of para-hydroxylation sites is 1. The largest absolute Gasteiger partial charge is 0.323 e. The smallest absolute Gasteiger partial charge is 0.308 e. The third-order valence-corrected chi connectivity index (χ3v) is 4.07. The quantitative estimate of drug-likeness (QED) is 0.738. The SMILES string of the molecule is Cc1cccc(Cn2nc(C)c(NC(=O)Nc3ccccc3)c2C)c1. The molecule has 128 valence electrons. The standard InChI is InChI=1S/C20H22N4O/c1-14-8-7-9-17(12-14)13-24-16(3)19(15(2)23-24)22-20(25)21-18-10-5-4-6-11-18/h4-12H,13H2,1-3H3,(H2,21,22,25). The van der Waals surface area contributed by atoms with E-state index in [2.05, 4.69) is 40.9 Å². The van der Waals surface area contributed by atoms with Crippen molar-refractivity contribution in [2.45, 2.75) is 27.3 Å². The molecule has 0 aliphatic carbocycles. The lowest BCUT2D eigenvalue weighted by molar-refractivity contribution is 0.262. The first-order valence-electron chi connectivity index (χ1n) is 8.25. The van der Waals surface area contributed by atoms with E-state index in [1.54, 1.807) is 0 Å². The predicted molar refractivity (Wildman–Crippen MR) is 101 cm³/mol. The number of aryl methyl sites for hydroxylation is 2. The summed E-state index contributed by atoms with van der Waals surface area (Å²) in [6.07, 6.45) is 0. The number of anilines is 2. The number of amides is 2. The van der Waals surface area contributed by atoms with Crippen LogP contribution in [-0.2, 0) is 6.54 Å². The van der Waals surface area contributed by atoms with E-state index in [0.717, 1.165) is 22.8 Å². The Morgan fingerprint density at radius 1 is 1.00 bits per heavy atom. The van der Waals surface area contributed by atoms with Gasteiger partial charge in [0.25, 0.3) is 0 Å². The van der Waals surface area contributed by atoms with Crippen molar-refractivity contribution in [3.63, 3.8) is 0 Å². The first-order chi connectivity index (χ1) is 12.0. The maximum Gasteiger partial charge on any atom is 0.323 e. The molecule has 3 rings (SSSR count). The summed E-state index contributed by atoms with van der Waals surface area (Å²) in [7, 11) is 0. The molecule has 0 bridgehead atoms. The number of urea groups is 1. The maximum atomic E-state index is 12.2. The van der Waals surface area contributed by atoms with Gasteiger partial charge in [-0.2, -0.15) is 5.10 Å². The molecule has 5 heteroatoms. The van der Waals surface area contributed by atoms with Crippen molar-refractivity contribution in [1.29, 1.82) is 0 Å². The molecular weight excluding hydrogens is 312 g/mol. The van der Waals surface area contributed by atoms with Gasteiger partial charge < -0.3 is 10.6 Å². The molecule has 25 heavy (non-hydrogen) atoms. The number of aromatic nitrogens is 2. The average molecular weight is 334 g/mol. The Labute approximate surface area is 147 Å². The van der Waals surface area contributed by atoms with E-state index in [4.69, 9.17) is 0 Å². The lowest BCUT2D eigenvalue weighted by atomic mass is 10.1. The summed E-state index contributed by atoms with van der Waals surface area (Å²) < 4.78 is 1.92. The van der Waals surface area contributed by atoms with Crippen LogP contribution >= 0.6 is 0 Å². The van der Waals surface area contributed by atoms with Gasteiger partial charge in [0, 0.05) is 5.69 Å². The molecule has 0 atom stereocenters. The minimum atomic E-state index is -0.271. The molecule has 1 aromatic heterocycles. The summed E-state index contributed by atoms with van der Waals surface area (Å²) >= 11 is 0. The third-order valence-electron chi connectivity index (χ3n) is 4.07. The van der Waals surface area contributed by atoms with Crippen molar-refractivity contribution in [2.24, 2.45) is 0 Å². The van der Waals surface area contributed by atoms with E-state index >= 15 is 0 Å². The van der Waals surface area contributed by atoms with Gasteiger partial charge in [-0.05, 0) is 38.5 Å². The van der Waals surface area contributed by atoms with Crippen LogP contribution in [0.25, 0.3) is 0 Å². The van der Waals surface area contributed by atoms with E-state index < -0.39 is 0 Å². The number of carbonyl (C=O) groups excluding carboxylic acids is 1. The molecule has 2 amide bonds. The Hall–Kier alpha value is -3.08. The third kappa shape index (κ3) is 4.07. The molecule has 0 aliphatic rings. The van der Waals surface area contributed by atoms with Crippen molar-refractivity contribution >= 4 is 17.4 Å². The fourth-order valence-corrected chi connectivity index (χ4v) is 2.81. The number of rotatable bonds is 4. The van der Waals surface area contributed by atoms with Crippen LogP contribution in [0.4, 0.5) is 16.2 Å². The second-order valence-electron chi connectivity index (χ2n) is 6.14. The number of carbonyl (C=O) groups is 1. The Kier molecular flexibility index (Phi) is 4.84. The zero-order chi connectivity index (χ0) is 17.8. The van der Waals surface area contributed by atoms with Gasteiger partial charge in [0.15, 0.2) is 0 Å². The van der Waals surface area contributed by atoms with Crippen LogP contribution in [0.1, 0.15) is 22.5 Å². The monoisotopic (exact) mass is 334 g/mol. The second-order valence-corrected chi connectivity index (χ2v) is 6.14. The van der Waals surface area contributed by atoms with E-state index in [-0.39, 0.29) is 6.03 Å². The van der Waals surface area contributed by atoms with Gasteiger partial charge in [0.1, 0.15) is 0 Å². The topological polar surface area (TPSA) is 59.0 Å². The van der Waals surface area contributed by atoms with Gasteiger partial charge in [-0.25, -0.2) is 4.79 Å². The van der Waals surface area contributed by atoms with Crippen LogP contribution in [0.2, 0.25) is 0 Å². The highest BCUT2D eigenvalue weighted by molar-refractivity contribution is 6.00. The van der Waals surface area contributed by atoms with Gasteiger partial charge in [0.2, 0.25) is 0 Å². The highest BCUT2D eigenvalue weighted by atomic mass is 16.2. The number of hydrogen-bond donors (Lipinski definition) is 2. The molecule has 5 nitrogen and oxygen atoms in total. The summed E-state index contributed by atoms with van der Waals surface area (Å²) in [5, 5.41) is 10.3. The number of benzene rings is 2. The summed E-state index contributed by atoms with van der Waals surface area (Å²) in [6.45, 7) is 6.62. The van der Waals surface area contributed by atoms with Crippen LogP contribution in [0.3, 0.4) is 0 Å². The fourth-order valence-electron chi connectivity index (χ4n) is 2.81. The first kappa shape index (κ1) is 16.8. The minimum absolute atomic E-state index is 0.271. The van der Waals surface area contributed by atoms with E-state index in [1.807, 2.05) is 54.9 Å². The molecule has 0 saturated carbocycles. The van der Waals surface area contributed by atoms with Crippen molar-refractivity contribution in [3.8, 4) is 0 Å². The Morgan fingerprint density at radius 3 is 2.48 bits per heavy atom. The molecule has 2 aromatic carbocycles. The molecule has 1 heterocycles. The maximum absolute atomic E-state index is 12.2. The molecule has 2 N–H and O–H groups in total. The van der Waals surface area contributed by atoms with Gasteiger partial charge in [-0.1, -0.05) is 48.0 Å².